The van der Waals surface area contributed by atoms with Gasteiger partial charge in [0.25, 0.3) is 0 Å². The topological polar surface area (TPSA) is 213 Å². The number of carboxylic acids is 4. The van der Waals surface area contributed by atoms with Crippen LogP contribution in [0.15, 0.2) is 0 Å². The Bertz CT molecular complexity index is 231. The summed E-state index contributed by atoms with van der Waals surface area (Å²) in [5.74, 6) is -4.33. The third-order valence-electron chi connectivity index (χ3n) is 0.372. The van der Waals surface area contributed by atoms with Crippen molar-refractivity contribution in [1.29, 1.82) is 0 Å². The minimum atomic E-state index is -1.08. The number of carbonyl (C=O) groups excluding carboxylic acids is 4. The van der Waals surface area contributed by atoms with E-state index in [4.69, 9.17) is 51.1 Å². The van der Waals surface area contributed by atoms with Crippen molar-refractivity contribution in [1.82, 2.24) is 0 Å². The molecule has 0 aliphatic heterocycles. The predicted molar refractivity (Wildman–Crippen MR) is 65.4 cm³/mol. The van der Waals surface area contributed by atoms with Crippen LogP contribution in [0.3, 0.4) is 0 Å². The average molecular weight is 467 g/mol. The van der Waals surface area contributed by atoms with Crippen LogP contribution in [0.1, 0.15) is 34.6 Å². The minimum Gasteiger partial charge on any atom is -0.550 e. The molecule has 0 bridgehead atoms. The molecule has 4 N–H and O–H groups in total. The van der Waals surface area contributed by atoms with Crippen LogP contribution < -0.4 is 237 Å². The number of carbonyl (C=O) groups is 4. The molecule has 0 aliphatic carbocycles. The first-order chi connectivity index (χ1) is 9.20. The van der Waals surface area contributed by atoms with Crippen molar-refractivity contribution in [3.05, 3.63) is 0 Å². The fourth-order valence-electron chi connectivity index (χ4n) is 0. The Morgan fingerprint density at radius 3 is 0.720 bits per heavy atom. The van der Waals surface area contributed by atoms with Gasteiger partial charge in [-0.2, -0.15) is 0 Å². The van der Waals surface area contributed by atoms with Gasteiger partial charge in [-0.05, 0) is 34.6 Å². The van der Waals surface area contributed by atoms with E-state index < -0.39 is 23.9 Å². The molecular formula is C11H22K4N2O8. The summed E-state index contributed by atoms with van der Waals surface area (Å²) < 4.78 is 0. The Morgan fingerprint density at radius 2 is 0.720 bits per heavy atom. The average Bonchev–Trinajstić information content (AvgIpc) is 2.13. The van der Waals surface area contributed by atoms with Gasteiger partial charge in [0.15, 0.2) is 0 Å². The van der Waals surface area contributed by atoms with Crippen molar-refractivity contribution in [2.45, 2.75) is 40.7 Å². The molecule has 0 fully saturated rings. The first-order valence-corrected chi connectivity index (χ1v) is 5.36. The van der Waals surface area contributed by atoms with E-state index in [0.717, 1.165) is 27.7 Å². The van der Waals surface area contributed by atoms with Crippen molar-refractivity contribution in [2.75, 3.05) is 6.54 Å². The van der Waals surface area contributed by atoms with Crippen LogP contribution in [0.2, 0.25) is 0 Å². The van der Waals surface area contributed by atoms with Gasteiger partial charge in [0.2, 0.25) is 0 Å². The number of carboxylic acid groups (broad SMARTS) is 4. The Morgan fingerprint density at radius 1 is 0.680 bits per heavy atom. The second kappa shape index (κ2) is 51.2. The largest absolute Gasteiger partial charge is 1.00 e. The van der Waals surface area contributed by atoms with Gasteiger partial charge in [-0.1, -0.05) is 0 Å². The zero-order chi connectivity index (χ0) is 18.6. The second-order valence-corrected chi connectivity index (χ2v) is 3.18. The minimum absolute atomic E-state index is 0. The van der Waals surface area contributed by atoms with Crippen molar-refractivity contribution >= 4 is 23.9 Å². The summed E-state index contributed by atoms with van der Waals surface area (Å²) in [6.45, 7) is 6.35. The molecule has 25 heavy (non-hydrogen) atoms. The summed E-state index contributed by atoms with van der Waals surface area (Å²) >= 11 is 0. The maximum atomic E-state index is 8.89. The molecular weight excluding hydrogens is 445 g/mol. The third kappa shape index (κ3) is 489. The third-order valence-corrected chi connectivity index (χ3v) is 0.372. The van der Waals surface area contributed by atoms with Crippen molar-refractivity contribution in [3.8, 4) is 0 Å². The molecule has 0 radical (unpaired) electrons. The molecule has 14 heteroatoms. The van der Waals surface area contributed by atoms with Gasteiger partial charge < -0.3 is 51.1 Å². The number of hydrogen-bond acceptors (Lipinski definition) is 10. The normalized spacial score (nSPS) is 7.00. The van der Waals surface area contributed by atoms with Crippen LogP contribution in [0, 0.1) is 0 Å². The van der Waals surface area contributed by atoms with Crippen LogP contribution >= 0.6 is 0 Å². The Balaban J connectivity index is -0.0000000176. The van der Waals surface area contributed by atoms with Crippen molar-refractivity contribution < 1.29 is 245 Å². The van der Waals surface area contributed by atoms with Crippen LogP contribution in [-0.2, 0) is 19.2 Å². The van der Waals surface area contributed by atoms with E-state index in [1.54, 1.807) is 0 Å². The molecule has 0 rings (SSSR count). The molecule has 0 saturated carbocycles. The smallest absolute Gasteiger partial charge is 0.550 e. The Labute approximate surface area is 319 Å². The molecule has 1 atom stereocenters. The molecule has 0 aromatic carbocycles. The molecule has 10 nitrogen and oxygen atoms in total. The molecule has 0 aromatic rings. The van der Waals surface area contributed by atoms with Crippen molar-refractivity contribution in [3.63, 3.8) is 0 Å². The number of aliphatic carboxylic acids is 4. The molecule has 0 aliphatic rings. The van der Waals surface area contributed by atoms with Crippen LogP contribution in [0.25, 0.3) is 0 Å². The van der Waals surface area contributed by atoms with Gasteiger partial charge >= 0.3 is 206 Å². The van der Waals surface area contributed by atoms with E-state index in [2.05, 4.69) is 0 Å². The zero-order valence-corrected chi connectivity index (χ0v) is 29.2. The van der Waals surface area contributed by atoms with Gasteiger partial charge in [-0.15, -0.1) is 0 Å². The molecule has 0 spiro atoms. The van der Waals surface area contributed by atoms with E-state index in [-0.39, 0.29) is 212 Å². The van der Waals surface area contributed by atoms with E-state index in [1.165, 1.54) is 0 Å². The Hall–Kier alpha value is 4.35. The summed E-state index contributed by atoms with van der Waals surface area (Å²) in [5, 5.41) is 35.6. The summed E-state index contributed by atoms with van der Waals surface area (Å²) in [7, 11) is 0. The standard InChI is InChI=1S/C3H10N2.4C2H4O2.4K/c1-3(5)2-4;4*1-2(3)4;;;;/h3H,2,4-5H2,1H3;4*1H3,(H,3,4);;;;/q;;;;;4*+1/p-4. The van der Waals surface area contributed by atoms with Gasteiger partial charge in [-0.25, -0.2) is 0 Å². The number of hydrogen-bond donors (Lipinski definition) is 2. The fraction of sp³-hybridized carbons (Fsp3) is 0.636. The summed E-state index contributed by atoms with van der Waals surface area (Å²) in [5.41, 5.74) is 10.2. The van der Waals surface area contributed by atoms with Crippen molar-refractivity contribution in [2.24, 2.45) is 11.5 Å². The number of nitrogens with two attached hydrogens (primary N) is 2. The maximum absolute atomic E-state index is 8.89. The summed E-state index contributed by atoms with van der Waals surface area (Å²) in [6.07, 6.45) is 0. The maximum Gasteiger partial charge on any atom is 1.00 e. The summed E-state index contributed by atoms with van der Waals surface area (Å²) in [4.78, 5) is 35.6. The van der Waals surface area contributed by atoms with E-state index >= 15 is 0 Å². The molecule has 128 valence electrons. The van der Waals surface area contributed by atoms with Crippen LogP contribution in [0.5, 0.6) is 0 Å². The van der Waals surface area contributed by atoms with Gasteiger partial charge in [-0.3, -0.25) is 0 Å². The van der Waals surface area contributed by atoms with Gasteiger partial charge in [0.1, 0.15) is 0 Å². The van der Waals surface area contributed by atoms with E-state index in [9.17, 15) is 0 Å². The second-order valence-electron chi connectivity index (χ2n) is 3.18. The quantitative estimate of drug-likeness (QED) is 0.348. The Kier molecular flexibility index (Phi) is 117. The first-order valence-electron chi connectivity index (χ1n) is 5.36. The first kappa shape index (κ1) is 57.0. The zero-order valence-electron chi connectivity index (χ0n) is 16.7. The van der Waals surface area contributed by atoms with E-state index in [1.807, 2.05) is 6.92 Å². The summed E-state index contributed by atoms with van der Waals surface area (Å²) in [6, 6.07) is 0.162. The van der Waals surface area contributed by atoms with Gasteiger partial charge in [0.05, 0.1) is 0 Å². The fourth-order valence-corrected chi connectivity index (χ4v) is 0. The molecule has 0 aromatic heterocycles. The van der Waals surface area contributed by atoms with Crippen LogP contribution in [-0.4, -0.2) is 36.5 Å². The molecule has 1 unspecified atom stereocenters. The number of rotatable bonds is 1. The molecule has 0 heterocycles. The molecule has 0 saturated heterocycles. The van der Waals surface area contributed by atoms with E-state index in [0.29, 0.717) is 6.54 Å². The van der Waals surface area contributed by atoms with Crippen LogP contribution in [0.4, 0.5) is 0 Å². The monoisotopic (exact) mass is 466 g/mol. The SMILES string of the molecule is CC(=O)[O-].CC(=O)[O-].CC(=O)[O-].CC(=O)[O-].CC(N)CN.[K+].[K+].[K+].[K+]. The molecule has 0 amide bonds. The van der Waals surface area contributed by atoms with Gasteiger partial charge in [0, 0.05) is 36.5 Å². The predicted octanol–water partition coefficient (Wildman–Crippen LogP) is -17.7.